The Morgan fingerprint density at radius 2 is 1.87 bits per heavy atom. The van der Waals surface area contributed by atoms with Crippen LogP contribution in [-0.2, 0) is 6.54 Å². The van der Waals surface area contributed by atoms with Crippen LogP contribution in [0.3, 0.4) is 0 Å². The van der Waals surface area contributed by atoms with Gasteiger partial charge in [-0.2, -0.15) is 0 Å². The van der Waals surface area contributed by atoms with Crippen LogP contribution >= 0.6 is 0 Å². The fourth-order valence-corrected chi connectivity index (χ4v) is 3.97. The summed E-state index contributed by atoms with van der Waals surface area (Å²) in [5, 5.41) is 3.12. The number of ether oxygens (including phenoxy) is 1. The number of nitrogens with one attached hydrogen (secondary N) is 1. The molecule has 4 rings (SSSR count). The lowest BCUT2D eigenvalue weighted by atomic mass is 10.0. The molecule has 1 N–H and O–H groups in total. The smallest absolute Gasteiger partial charge is 0.270 e. The van der Waals surface area contributed by atoms with Crippen LogP contribution in [0, 0.1) is 0 Å². The number of methoxy groups -OCH3 is 1. The van der Waals surface area contributed by atoms with Crippen molar-refractivity contribution in [3.8, 4) is 16.9 Å². The second-order valence-electron chi connectivity index (χ2n) is 7.64. The summed E-state index contributed by atoms with van der Waals surface area (Å²) in [5.41, 5.74) is 4.04. The number of carbonyl (C=O) groups is 1. The quantitative estimate of drug-likeness (QED) is 0.674. The number of carbonyl (C=O) groups excluding carboxylic acids is 1. The SMILES string of the molecule is COc1ccccc1-c1cccc(CN2CCC(NC(=O)c3ccccn3)CC2)c1. The molecule has 0 saturated carbocycles. The molecule has 0 unspecified atom stereocenters. The highest BCUT2D eigenvalue weighted by Crippen LogP contribution is 2.30. The van der Waals surface area contributed by atoms with Crippen molar-refractivity contribution in [2.45, 2.75) is 25.4 Å². The number of rotatable bonds is 6. The molecule has 2 aromatic carbocycles. The Hall–Kier alpha value is -3.18. The van der Waals surface area contributed by atoms with Crippen molar-refractivity contribution in [1.29, 1.82) is 0 Å². The van der Waals surface area contributed by atoms with Gasteiger partial charge in [-0.05, 0) is 48.2 Å². The number of likely N-dealkylation sites (tertiary alicyclic amines) is 1. The van der Waals surface area contributed by atoms with Gasteiger partial charge in [0.2, 0.25) is 0 Å². The van der Waals surface area contributed by atoms with E-state index in [9.17, 15) is 4.79 Å². The summed E-state index contributed by atoms with van der Waals surface area (Å²) in [4.78, 5) is 18.9. The third-order valence-corrected chi connectivity index (χ3v) is 5.57. The highest BCUT2D eigenvalue weighted by Gasteiger charge is 2.21. The van der Waals surface area contributed by atoms with Gasteiger partial charge in [0.1, 0.15) is 11.4 Å². The monoisotopic (exact) mass is 401 g/mol. The standard InChI is InChI=1S/C25H27N3O2/c1-30-24-11-3-2-9-22(24)20-8-6-7-19(17-20)18-28-15-12-21(13-16-28)27-25(29)23-10-4-5-14-26-23/h2-11,14,17,21H,12-13,15-16,18H2,1H3,(H,27,29). The number of para-hydroxylation sites is 1. The average Bonchev–Trinajstić information content (AvgIpc) is 2.81. The van der Waals surface area contributed by atoms with Crippen molar-refractivity contribution in [2.75, 3.05) is 20.2 Å². The molecule has 5 nitrogen and oxygen atoms in total. The lowest BCUT2D eigenvalue weighted by Crippen LogP contribution is -2.44. The highest BCUT2D eigenvalue weighted by atomic mass is 16.5. The lowest BCUT2D eigenvalue weighted by Gasteiger charge is -2.32. The molecule has 3 aromatic rings. The average molecular weight is 402 g/mol. The van der Waals surface area contributed by atoms with Gasteiger partial charge in [0.25, 0.3) is 5.91 Å². The van der Waals surface area contributed by atoms with Crippen molar-refractivity contribution in [2.24, 2.45) is 0 Å². The predicted molar refractivity (Wildman–Crippen MR) is 118 cm³/mol. The molecule has 1 aromatic heterocycles. The zero-order chi connectivity index (χ0) is 20.8. The second-order valence-corrected chi connectivity index (χ2v) is 7.64. The Bertz CT molecular complexity index is 982. The summed E-state index contributed by atoms with van der Waals surface area (Å²) in [6.07, 6.45) is 3.55. The number of hydrogen-bond donors (Lipinski definition) is 1. The van der Waals surface area contributed by atoms with E-state index in [4.69, 9.17) is 4.74 Å². The van der Waals surface area contributed by atoms with Crippen molar-refractivity contribution >= 4 is 5.91 Å². The molecular weight excluding hydrogens is 374 g/mol. The van der Waals surface area contributed by atoms with Crippen molar-refractivity contribution in [3.05, 3.63) is 84.2 Å². The number of hydrogen-bond acceptors (Lipinski definition) is 4. The zero-order valence-electron chi connectivity index (χ0n) is 17.3. The molecule has 2 heterocycles. The van der Waals surface area contributed by atoms with Gasteiger partial charge in [-0.3, -0.25) is 14.7 Å². The van der Waals surface area contributed by atoms with Crippen LogP contribution in [0.4, 0.5) is 0 Å². The van der Waals surface area contributed by atoms with Crippen LogP contribution in [0.25, 0.3) is 11.1 Å². The van der Waals surface area contributed by atoms with Gasteiger partial charge in [-0.1, -0.05) is 42.5 Å². The first kappa shape index (κ1) is 20.1. The fraction of sp³-hybridized carbons (Fsp3) is 0.280. The number of amides is 1. The first-order valence-electron chi connectivity index (χ1n) is 10.4. The molecule has 0 aliphatic carbocycles. The Kier molecular flexibility index (Phi) is 6.40. The van der Waals surface area contributed by atoms with Crippen LogP contribution in [-0.4, -0.2) is 42.0 Å². The number of nitrogens with zero attached hydrogens (tertiary/aromatic N) is 2. The van der Waals surface area contributed by atoms with E-state index in [1.807, 2.05) is 30.3 Å². The minimum absolute atomic E-state index is 0.0847. The van der Waals surface area contributed by atoms with Crippen LogP contribution in [0.2, 0.25) is 0 Å². The van der Waals surface area contributed by atoms with Crippen LogP contribution < -0.4 is 10.1 Å². The molecule has 0 spiro atoms. The summed E-state index contributed by atoms with van der Waals surface area (Å²) < 4.78 is 5.52. The number of aromatic nitrogens is 1. The molecule has 1 saturated heterocycles. The van der Waals surface area contributed by atoms with E-state index in [1.54, 1.807) is 19.4 Å². The third kappa shape index (κ3) is 4.86. The van der Waals surface area contributed by atoms with E-state index in [-0.39, 0.29) is 11.9 Å². The Morgan fingerprint density at radius 1 is 1.07 bits per heavy atom. The minimum atomic E-state index is -0.0847. The van der Waals surface area contributed by atoms with Gasteiger partial charge < -0.3 is 10.1 Å². The summed E-state index contributed by atoms with van der Waals surface area (Å²) in [6.45, 7) is 2.84. The van der Waals surface area contributed by atoms with Crippen molar-refractivity contribution in [3.63, 3.8) is 0 Å². The molecular formula is C25H27N3O2. The summed E-state index contributed by atoms with van der Waals surface area (Å²) in [5.74, 6) is 0.803. The normalized spacial score (nSPS) is 15.0. The van der Waals surface area contributed by atoms with Crippen LogP contribution in [0.15, 0.2) is 72.9 Å². The molecule has 1 fully saturated rings. The molecule has 5 heteroatoms. The van der Waals surface area contributed by atoms with E-state index >= 15 is 0 Å². The van der Waals surface area contributed by atoms with E-state index in [2.05, 4.69) is 45.5 Å². The molecule has 1 amide bonds. The first-order valence-corrected chi connectivity index (χ1v) is 10.4. The van der Waals surface area contributed by atoms with Gasteiger partial charge in [0.15, 0.2) is 0 Å². The van der Waals surface area contributed by atoms with Crippen LogP contribution in [0.1, 0.15) is 28.9 Å². The lowest BCUT2D eigenvalue weighted by molar-refractivity contribution is 0.0904. The molecule has 1 aliphatic rings. The predicted octanol–water partition coefficient (Wildman–Crippen LogP) is 4.15. The first-order chi connectivity index (χ1) is 14.7. The maximum Gasteiger partial charge on any atom is 0.270 e. The van der Waals surface area contributed by atoms with E-state index in [0.717, 1.165) is 43.8 Å². The largest absolute Gasteiger partial charge is 0.496 e. The summed E-state index contributed by atoms with van der Waals surface area (Å²) in [6, 6.07) is 22.4. The van der Waals surface area contributed by atoms with E-state index in [1.165, 1.54) is 11.1 Å². The molecule has 30 heavy (non-hydrogen) atoms. The van der Waals surface area contributed by atoms with Gasteiger partial charge in [-0.25, -0.2) is 0 Å². The minimum Gasteiger partial charge on any atom is -0.496 e. The molecule has 0 atom stereocenters. The number of pyridine rings is 1. The Morgan fingerprint density at radius 3 is 2.63 bits per heavy atom. The van der Waals surface area contributed by atoms with Gasteiger partial charge in [-0.15, -0.1) is 0 Å². The Labute approximate surface area is 177 Å². The number of benzene rings is 2. The number of piperidine rings is 1. The molecule has 0 bridgehead atoms. The maximum absolute atomic E-state index is 12.3. The highest BCUT2D eigenvalue weighted by molar-refractivity contribution is 5.92. The van der Waals surface area contributed by atoms with E-state index < -0.39 is 0 Å². The molecule has 154 valence electrons. The maximum atomic E-state index is 12.3. The zero-order valence-corrected chi connectivity index (χ0v) is 17.3. The molecule has 1 aliphatic heterocycles. The summed E-state index contributed by atoms with van der Waals surface area (Å²) >= 11 is 0. The summed E-state index contributed by atoms with van der Waals surface area (Å²) in [7, 11) is 1.71. The topological polar surface area (TPSA) is 54.5 Å². The third-order valence-electron chi connectivity index (χ3n) is 5.57. The fourth-order valence-electron chi connectivity index (χ4n) is 3.97. The van der Waals surface area contributed by atoms with Crippen molar-refractivity contribution in [1.82, 2.24) is 15.2 Å². The Balaban J connectivity index is 1.34. The van der Waals surface area contributed by atoms with E-state index in [0.29, 0.717) is 5.69 Å². The van der Waals surface area contributed by atoms with Gasteiger partial charge >= 0.3 is 0 Å². The molecule has 0 radical (unpaired) electrons. The van der Waals surface area contributed by atoms with Crippen LogP contribution in [0.5, 0.6) is 5.75 Å². The van der Waals surface area contributed by atoms with Gasteiger partial charge in [0.05, 0.1) is 7.11 Å². The second kappa shape index (κ2) is 9.55. The van der Waals surface area contributed by atoms with Gasteiger partial charge in [0, 0.05) is 37.4 Å². The van der Waals surface area contributed by atoms with Crippen molar-refractivity contribution < 1.29 is 9.53 Å².